The number of rotatable bonds is 7. The summed E-state index contributed by atoms with van der Waals surface area (Å²) >= 11 is -0.152. The quantitative estimate of drug-likeness (QED) is 0.432. The van der Waals surface area contributed by atoms with E-state index in [9.17, 15) is 14.4 Å². The number of ketones is 1. The summed E-state index contributed by atoms with van der Waals surface area (Å²) in [5, 5.41) is 3.21. The first-order valence-electron chi connectivity index (χ1n) is 7.46. The molecular formula is C17H23NO5Se. The first-order chi connectivity index (χ1) is 11.2. The maximum absolute atomic E-state index is 12.1. The van der Waals surface area contributed by atoms with Crippen molar-refractivity contribution in [3.63, 3.8) is 0 Å². The van der Waals surface area contributed by atoms with E-state index in [2.05, 4.69) is 5.32 Å². The fourth-order valence-electron chi connectivity index (χ4n) is 1.74. The number of ether oxygens (including phenoxy) is 2. The van der Waals surface area contributed by atoms with Crippen LogP contribution in [0.2, 0.25) is 10.6 Å². The third-order valence-corrected chi connectivity index (χ3v) is 4.96. The fraction of sp³-hybridized carbons (Fsp3) is 0.471. The van der Waals surface area contributed by atoms with Crippen molar-refractivity contribution in [3.8, 4) is 0 Å². The van der Waals surface area contributed by atoms with Gasteiger partial charge in [0.25, 0.3) is 0 Å². The molecule has 0 aromatic heterocycles. The minimum absolute atomic E-state index is 0.0245. The van der Waals surface area contributed by atoms with Gasteiger partial charge in [-0.1, -0.05) is 0 Å². The van der Waals surface area contributed by atoms with Crippen LogP contribution in [0.4, 0.5) is 4.79 Å². The van der Waals surface area contributed by atoms with Gasteiger partial charge in [0.2, 0.25) is 0 Å². The van der Waals surface area contributed by atoms with Crippen LogP contribution in [-0.2, 0) is 14.3 Å². The number of hydrogen-bond donors (Lipinski definition) is 1. The van der Waals surface area contributed by atoms with Crippen molar-refractivity contribution in [1.82, 2.24) is 5.32 Å². The van der Waals surface area contributed by atoms with Crippen molar-refractivity contribution >= 4 is 32.8 Å². The number of carbonyl (C=O) groups is 3. The van der Waals surface area contributed by atoms with Crippen LogP contribution in [0.25, 0.3) is 0 Å². The Morgan fingerprint density at radius 3 is 2.33 bits per heavy atom. The number of amides is 1. The van der Waals surface area contributed by atoms with Gasteiger partial charge in [-0.25, -0.2) is 0 Å². The van der Waals surface area contributed by atoms with Gasteiger partial charge in [0.05, 0.1) is 0 Å². The van der Waals surface area contributed by atoms with Gasteiger partial charge in [-0.15, -0.1) is 0 Å². The Hall–Kier alpha value is -1.85. The van der Waals surface area contributed by atoms with Crippen molar-refractivity contribution in [1.29, 1.82) is 0 Å². The van der Waals surface area contributed by atoms with E-state index >= 15 is 0 Å². The summed E-state index contributed by atoms with van der Waals surface area (Å²) in [7, 11) is 1.26. The summed E-state index contributed by atoms with van der Waals surface area (Å²) in [6, 6.07) is 8.17. The third kappa shape index (κ3) is 7.62. The number of alkyl carbamates (subject to hydrolysis) is 1. The van der Waals surface area contributed by atoms with Crippen molar-refractivity contribution in [2.24, 2.45) is 0 Å². The number of carbonyl (C=O) groups excluding carboxylic acids is 3. The molecule has 0 saturated carbocycles. The van der Waals surface area contributed by atoms with Crippen molar-refractivity contribution in [3.05, 3.63) is 35.9 Å². The van der Waals surface area contributed by atoms with Gasteiger partial charge >= 0.3 is 148 Å². The van der Waals surface area contributed by atoms with Gasteiger partial charge in [-0.05, 0) is 0 Å². The van der Waals surface area contributed by atoms with Crippen LogP contribution >= 0.6 is 0 Å². The number of methoxy groups -OCH3 is 1. The second-order valence-electron chi connectivity index (χ2n) is 6.03. The summed E-state index contributed by atoms with van der Waals surface area (Å²) in [6.07, 6.45) is -0.678. The summed E-state index contributed by atoms with van der Waals surface area (Å²) in [6.45, 7) is 5.21. The van der Waals surface area contributed by atoms with Gasteiger partial charge in [0.15, 0.2) is 0 Å². The number of nitrogens with one attached hydrogen (secondary N) is 1. The minimum atomic E-state index is -0.812. The second kappa shape index (κ2) is 9.45. The molecule has 1 N–H and O–H groups in total. The zero-order valence-electron chi connectivity index (χ0n) is 14.3. The van der Waals surface area contributed by atoms with Crippen molar-refractivity contribution < 1.29 is 23.9 Å². The fourth-order valence-corrected chi connectivity index (χ4v) is 3.68. The average Bonchev–Trinajstić information content (AvgIpc) is 2.52. The molecule has 0 heterocycles. The van der Waals surface area contributed by atoms with Gasteiger partial charge in [-0.2, -0.15) is 0 Å². The predicted octanol–water partition coefficient (Wildman–Crippen LogP) is 2.48. The van der Waals surface area contributed by atoms with E-state index in [0.29, 0.717) is 16.2 Å². The van der Waals surface area contributed by atoms with Crippen molar-refractivity contribution in [2.75, 3.05) is 7.11 Å². The number of hydrogen-bond acceptors (Lipinski definition) is 5. The summed E-state index contributed by atoms with van der Waals surface area (Å²) in [4.78, 5) is 35.7. The molecule has 1 amide bonds. The van der Waals surface area contributed by atoms with Crippen LogP contribution in [0.15, 0.2) is 30.3 Å². The molecule has 6 nitrogen and oxygen atoms in total. The molecule has 1 aromatic carbocycles. The number of esters is 1. The van der Waals surface area contributed by atoms with Crippen LogP contribution in [0.3, 0.4) is 0 Å². The van der Waals surface area contributed by atoms with Crippen LogP contribution in [0, 0.1) is 0 Å². The van der Waals surface area contributed by atoms with Crippen LogP contribution in [-0.4, -0.2) is 51.6 Å². The van der Waals surface area contributed by atoms with E-state index in [1.165, 1.54) is 7.11 Å². The first kappa shape index (κ1) is 20.2. The van der Waals surface area contributed by atoms with E-state index < -0.39 is 23.7 Å². The molecule has 0 saturated heterocycles. The monoisotopic (exact) mass is 401 g/mol. The molecule has 0 spiro atoms. The molecule has 0 aliphatic rings. The van der Waals surface area contributed by atoms with Gasteiger partial charge < -0.3 is 0 Å². The van der Waals surface area contributed by atoms with Crippen LogP contribution < -0.4 is 5.32 Å². The van der Waals surface area contributed by atoms with E-state index in [0.717, 1.165) is 0 Å². The SMILES string of the molecule is COC(=O)[C@H](C[Se]CC(=O)c1ccccc1)NC(=O)OC(C)(C)C. The van der Waals surface area contributed by atoms with Crippen LogP contribution in [0.5, 0.6) is 0 Å². The molecule has 1 aromatic rings. The van der Waals surface area contributed by atoms with E-state index in [1.54, 1.807) is 32.9 Å². The van der Waals surface area contributed by atoms with E-state index in [4.69, 9.17) is 9.47 Å². The maximum atomic E-state index is 12.1. The van der Waals surface area contributed by atoms with Gasteiger partial charge in [-0.3, -0.25) is 0 Å². The Kier molecular flexibility index (Phi) is 7.95. The van der Waals surface area contributed by atoms with E-state index in [1.807, 2.05) is 18.2 Å². The molecular weight excluding hydrogens is 377 g/mol. The average molecular weight is 400 g/mol. The Balaban J connectivity index is 2.53. The van der Waals surface area contributed by atoms with E-state index in [-0.39, 0.29) is 20.7 Å². The second-order valence-corrected chi connectivity index (χ2v) is 8.19. The zero-order chi connectivity index (χ0) is 18.2. The molecule has 0 radical (unpaired) electrons. The normalized spacial score (nSPS) is 12.2. The Morgan fingerprint density at radius 1 is 1.17 bits per heavy atom. The molecule has 7 heteroatoms. The summed E-state index contributed by atoms with van der Waals surface area (Å²) in [5.41, 5.74) is -0.00629. The third-order valence-electron chi connectivity index (χ3n) is 2.79. The molecule has 0 aliphatic carbocycles. The number of Topliss-reactive ketones (excluding diaryl/α,β-unsaturated/α-hetero) is 1. The molecule has 0 unspecified atom stereocenters. The van der Waals surface area contributed by atoms with Crippen LogP contribution in [0.1, 0.15) is 31.1 Å². The Morgan fingerprint density at radius 2 is 1.79 bits per heavy atom. The van der Waals surface area contributed by atoms with Crippen molar-refractivity contribution in [2.45, 2.75) is 43.1 Å². The topological polar surface area (TPSA) is 81.7 Å². The van der Waals surface area contributed by atoms with Gasteiger partial charge in [0.1, 0.15) is 0 Å². The zero-order valence-corrected chi connectivity index (χ0v) is 16.0. The Bertz CT molecular complexity index is 568. The Labute approximate surface area is 148 Å². The number of benzene rings is 1. The van der Waals surface area contributed by atoms with Gasteiger partial charge in [0, 0.05) is 0 Å². The molecule has 0 bridgehead atoms. The summed E-state index contributed by atoms with van der Waals surface area (Å²) < 4.78 is 9.84. The molecule has 0 fully saturated rings. The predicted molar refractivity (Wildman–Crippen MR) is 91.3 cm³/mol. The molecule has 1 atom stereocenters. The summed E-state index contributed by atoms with van der Waals surface area (Å²) in [5.74, 6) is -0.522. The molecule has 132 valence electrons. The molecule has 0 aliphatic heterocycles. The molecule has 1 rings (SSSR count). The first-order valence-corrected chi connectivity index (χ1v) is 9.88. The standard InChI is InChI=1S/C17H23NO5Se/c1-17(2,3)23-16(21)18-13(15(20)22-4)10-24-11-14(19)12-8-6-5-7-9-12/h5-9,13H,10-11H2,1-4H3,(H,18,21)/t13-/m0/s1. The molecule has 24 heavy (non-hydrogen) atoms.